The molecule has 0 heterocycles. The molecule has 0 radical (unpaired) electrons. The number of nitrogens with one attached hydrogen (secondary N) is 1. The number of carbonyl (C=O) groups excluding carboxylic acids is 2. The van der Waals surface area contributed by atoms with Gasteiger partial charge in [-0.3, -0.25) is 9.59 Å². The zero-order valence-corrected chi connectivity index (χ0v) is 18.9. The SMILES string of the molecule is CCC(C(=O)NC)N(Cc1ccc(OC)cc1)C(=O)COc1cc(C)c(Cl)c(C)c1. The van der Waals surface area contributed by atoms with Gasteiger partial charge < -0.3 is 19.7 Å². The molecule has 2 rings (SSSR count). The first-order chi connectivity index (χ1) is 14.3. The molecule has 0 aliphatic carbocycles. The number of aryl methyl sites for hydroxylation is 2. The molecule has 1 atom stereocenters. The molecule has 0 bridgehead atoms. The third kappa shape index (κ3) is 5.89. The molecule has 0 spiro atoms. The molecule has 0 aliphatic rings. The van der Waals surface area contributed by atoms with Crippen LogP contribution < -0.4 is 14.8 Å². The Hall–Kier alpha value is -2.73. The summed E-state index contributed by atoms with van der Waals surface area (Å²) in [6, 6.07) is 10.4. The van der Waals surface area contributed by atoms with E-state index in [0.717, 1.165) is 22.4 Å². The van der Waals surface area contributed by atoms with Crippen molar-refractivity contribution in [1.82, 2.24) is 10.2 Å². The van der Waals surface area contributed by atoms with E-state index >= 15 is 0 Å². The molecule has 0 fully saturated rings. The Balaban J connectivity index is 2.21. The van der Waals surface area contributed by atoms with E-state index in [1.165, 1.54) is 0 Å². The molecule has 30 heavy (non-hydrogen) atoms. The van der Waals surface area contributed by atoms with Crippen LogP contribution in [0.25, 0.3) is 0 Å². The van der Waals surface area contributed by atoms with Gasteiger partial charge in [0.25, 0.3) is 5.91 Å². The summed E-state index contributed by atoms with van der Waals surface area (Å²) < 4.78 is 10.9. The van der Waals surface area contributed by atoms with Gasteiger partial charge >= 0.3 is 0 Å². The summed E-state index contributed by atoms with van der Waals surface area (Å²) >= 11 is 6.20. The fraction of sp³-hybridized carbons (Fsp3) is 0.391. The Labute approximate surface area is 183 Å². The summed E-state index contributed by atoms with van der Waals surface area (Å²) in [6.45, 7) is 5.76. The van der Waals surface area contributed by atoms with Crippen molar-refractivity contribution in [2.24, 2.45) is 0 Å². The van der Waals surface area contributed by atoms with Crippen molar-refractivity contribution in [3.63, 3.8) is 0 Å². The van der Waals surface area contributed by atoms with Crippen LogP contribution in [0.15, 0.2) is 36.4 Å². The molecular formula is C23H29ClN2O4. The quantitative estimate of drug-likeness (QED) is 0.652. The Morgan fingerprint density at radius 2 is 1.70 bits per heavy atom. The van der Waals surface area contributed by atoms with E-state index in [4.69, 9.17) is 21.1 Å². The average molecular weight is 433 g/mol. The van der Waals surface area contributed by atoms with Gasteiger partial charge in [0.15, 0.2) is 6.61 Å². The van der Waals surface area contributed by atoms with Crippen LogP contribution in [0.1, 0.15) is 30.0 Å². The van der Waals surface area contributed by atoms with E-state index in [9.17, 15) is 9.59 Å². The van der Waals surface area contributed by atoms with Crippen molar-refractivity contribution in [3.05, 3.63) is 58.1 Å². The van der Waals surface area contributed by atoms with Gasteiger partial charge in [-0.25, -0.2) is 0 Å². The minimum Gasteiger partial charge on any atom is -0.497 e. The van der Waals surface area contributed by atoms with Crippen LogP contribution in [0.4, 0.5) is 0 Å². The second-order valence-corrected chi connectivity index (χ2v) is 7.45. The molecule has 2 aromatic carbocycles. The summed E-state index contributed by atoms with van der Waals surface area (Å²) in [5.41, 5.74) is 2.65. The van der Waals surface area contributed by atoms with Crippen molar-refractivity contribution in [3.8, 4) is 11.5 Å². The lowest BCUT2D eigenvalue weighted by atomic mass is 10.1. The second-order valence-electron chi connectivity index (χ2n) is 7.07. The van der Waals surface area contributed by atoms with Gasteiger partial charge in [0.1, 0.15) is 17.5 Å². The molecule has 6 nitrogen and oxygen atoms in total. The third-order valence-corrected chi connectivity index (χ3v) is 5.51. The van der Waals surface area contributed by atoms with Gasteiger partial charge in [-0.15, -0.1) is 0 Å². The van der Waals surface area contributed by atoms with E-state index in [-0.39, 0.29) is 25.0 Å². The molecule has 2 amide bonds. The number of nitrogens with zero attached hydrogens (tertiary/aromatic N) is 1. The van der Waals surface area contributed by atoms with Crippen molar-refractivity contribution in [2.45, 2.75) is 39.8 Å². The predicted octanol–water partition coefficient (Wildman–Crippen LogP) is 3.90. The average Bonchev–Trinajstić information content (AvgIpc) is 2.75. The first-order valence-electron chi connectivity index (χ1n) is 9.84. The smallest absolute Gasteiger partial charge is 0.261 e. The fourth-order valence-electron chi connectivity index (χ4n) is 3.23. The zero-order valence-electron chi connectivity index (χ0n) is 18.1. The number of halogens is 1. The number of ether oxygens (including phenoxy) is 2. The lowest BCUT2D eigenvalue weighted by molar-refractivity contribution is -0.142. The van der Waals surface area contributed by atoms with Crippen molar-refractivity contribution < 1.29 is 19.1 Å². The van der Waals surface area contributed by atoms with Gasteiger partial charge in [0.05, 0.1) is 7.11 Å². The summed E-state index contributed by atoms with van der Waals surface area (Å²) in [4.78, 5) is 27.0. The topological polar surface area (TPSA) is 67.9 Å². The summed E-state index contributed by atoms with van der Waals surface area (Å²) in [5, 5.41) is 3.32. The maximum Gasteiger partial charge on any atom is 0.261 e. The lowest BCUT2D eigenvalue weighted by Crippen LogP contribution is -2.49. The van der Waals surface area contributed by atoms with Gasteiger partial charge in [0.2, 0.25) is 5.91 Å². The van der Waals surface area contributed by atoms with E-state index in [0.29, 0.717) is 17.2 Å². The standard InChI is InChI=1S/C23H29ClN2O4/c1-6-20(23(28)25-4)26(13-17-7-9-18(29-5)10-8-17)21(27)14-30-19-11-15(2)22(24)16(3)12-19/h7-12,20H,6,13-14H2,1-5H3,(H,25,28). The van der Waals surface area contributed by atoms with Crippen LogP contribution in [0.5, 0.6) is 11.5 Å². The van der Waals surface area contributed by atoms with Crippen LogP contribution in [0.2, 0.25) is 5.02 Å². The van der Waals surface area contributed by atoms with Gasteiger partial charge in [-0.05, 0) is 61.2 Å². The van der Waals surface area contributed by atoms with Crippen LogP contribution in [0, 0.1) is 13.8 Å². The van der Waals surface area contributed by atoms with Crippen molar-refractivity contribution >= 4 is 23.4 Å². The van der Waals surface area contributed by atoms with Crippen LogP contribution in [-0.2, 0) is 16.1 Å². The molecule has 2 aromatic rings. The monoisotopic (exact) mass is 432 g/mol. The van der Waals surface area contributed by atoms with E-state index in [1.807, 2.05) is 45.0 Å². The van der Waals surface area contributed by atoms with E-state index in [2.05, 4.69) is 5.32 Å². The number of rotatable bonds is 9. The number of amides is 2. The van der Waals surface area contributed by atoms with Crippen LogP contribution in [-0.4, -0.2) is 43.5 Å². The molecule has 7 heteroatoms. The molecular weight excluding hydrogens is 404 g/mol. The van der Waals surface area contributed by atoms with Crippen molar-refractivity contribution in [1.29, 1.82) is 0 Å². The summed E-state index contributed by atoms with van der Waals surface area (Å²) in [5.74, 6) is 0.816. The Bertz CT molecular complexity index is 860. The van der Waals surface area contributed by atoms with E-state index < -0.39 is 6.04 Å². The Morgan fingerprint density at radius 3 is 2.20 bits per heavy atom. The van der Waals surface area contributed by atoms with Gasteiger partial charge in [-0.2, -0.15) is 0 Å². The number of hydrogen-bond acceptors (Lipinski definition) is 4. The fourth-order valence-corrected chi connectivity index (χ4v) is 3.34. The Kier molecular flexibility index (Phi) is 8.54. The number of benzene rings is 2. The van der Waals surface area contributed by atoms with Gasteiger partial charge in [-0.1, -0.05) is 30.7 Å². The molecule has 0 aromatic heterocycles. The first kappa shape index (κ1) is 23.5. The lowest BCUT2D eigenvalue weighted by Gasteiger charge is -2.30. The predicted molar refractivity (Wildman–Crippen MR) is 118 cm³/mol. The minimum atomic E-state index is -0.595. The molecule has 0 aliphatic heterocycles. The molecule has 0 saturated carbocycles. The highest BCUT2D eigenvalue weighted by atomic mass is 35.5. The largest absolute Gasteiger partial charge is 0.497 e. The zero-order chi connectivity index (χ0) is 22.3. The molecule has 1 unspecified atom stereocenters. The highest BCUT2D eigenvalue weighted by Crippen LogP contribution is 2.26. The maximum atomic E-state index is 13.1. The summed E-state index contributed by atoms with van der Waals surface area (Å²) in [7, 11) is 3.16. The van der Waals surface area contributed by atoms with Gasteiger partial charge in [0, 0.05) is 18.6 Å². The van der Waals surface area contributed by atoms with Crippen molar-refractivity contribution in [2.75, 3.05) is 20.8 Å². The molecule has 1 N–H and O–H groups in total. The molecule has 162 valence electrons. The number of likely N-dealkylation sites (N-methyl/N-ethyl adjacent to an activating group) is 1. The third-order valence-electron chi connectivity index (χ3n) is 4.92. The highest BCUT2D eigenvalue weighted by Gasteiger charge is 2.28. The number of carbonyl (C=O) groups is 2. The van der Waals surface area contributed by atoms with E-state index in [1.54, 1.807) is 31.2 Å². The number of methoxy groups -OCH3 is 1. The molecule has 0 saturated heterocycles. The normalized spacial score (nSPS) is 11.5. The minimum absolute atomic E-state index is 0.176. The maximum absolute atomic E-state index is 13.1. The second kappa shape index (κ2) is 10.9. The van der Waals surface area contributed by atoms with Crippen LogP contribution >= 0.6 is 11.6 Å². The first-order valence-corrected chi connectivity index (χ1v) is 10.2. The summed E-state index contributed by atoms with van der Waals surface area (Å²) in [6.07, 6.45) is 0.487. The number of hydrogen-bond donors (Lipinski definition) is 1. The highest BCUT2D eigenvalue weighted by molar-refractivity contribution is 6.32. The van der Waals surface area contributed by atoms with Crippen LogP contribution in [0.3, 0.4) is 0 Å². The Morgan fingerprint density at radius 1 is 1.10 bits per heavy atom.